The lowest BCUT2D eigenvalue weighted by molar-refractivity contribution is -0.116. The van der Waals surface area contributed by atoms with Crippen LogP contribution in [0.5, 0.6) is 0 Å². The number of anilines is 2. The van der Waals surface area contributed by atoms with Crippen LogP contribution in [-0.2, 0) is 28.0 Å². The van der Waals surface area contributed by atoms with Crippen LogP contribution >= 0.6 is 0 Å². The highest BCUT2D eigenvalue weighted by Gasteiger charge is 2.09. The van der Waals surface area contributed by atoms with E-state index in [-0.39, 0.29) is 12.2 Å². The van der Waals surface area contributed by atoms with Gasteiger partial charge in [-0.25, -0.2) is 22.2 Å². The van der Waals surface area contributed by atoms with Gasteiger partial charge in [-0.15, -0.1) is 0 Å². The molecule has 0 bridgehead atoms. The molecule has 3 N–H and O–H groups in total. The van der Waals surface area contributed by atoms with Crippen LogP contribution < -0.4 is 15.4 Å². The maximum Gasteiger partial charge on any atom is 0.244 e. The summed E-state index contributed by atoms with van der Waals surface area (Å²) in [5, 5.41) is 5.62. The minimum absolute atomic E-state index is 0.0539. The predicted octanol–water partition coefficient (Wildman–Crippen LogP) is 2.82. The summed E-state index contributed by atoms with van der Waals surface area (Å²) in [7, 11) is -3.58. The first-order valence-electron chi connectivity index (χ1n) is 8.73. The zero-order chi connectivity index (χ0) is 21.4. The molecule has 0 fully saturated rings. The Morgan fingerprint density at radius 1 is 1.24 bits per heavy atom. The first-order valence-corrected chi connectivity index (χ1v) is 10.6. The van der Waals surface area contributed by atoms with Crippen molar-refractivity contribution < 1.29 is 22.0 Å². The highest BCUT2D eigenvalue weighted by Crippen LogP contribution is 2.17. The summed E-state index contributed by atoms with van der Waals surface area (Å²) in [6.45, 7) is 1.83. The summed E-state index contributed by atoms with van der Waals surface area (Å²) in [5.74, 6) is -0.685. The van der Waals surface area contributed by atoms with Gasteiger partial charge in [0, 0.05) is 24.7 Å². The molecule has 2 aromatic rings. The van der Waals surface area contributed by atoms with Gasteiger partial charge in [0.1, 0.15) is 18.3 Å². The smallest absolute Gasteiger partial charge is 0.244 e. The van der Waals surface area contributed by atoms with Gasteiger partial charge in [-0.05, 0) is 42.8 Å². The van der Waals surface area contributed by atoms with Gasteiger partial charge in [0.05, 0.1) is 17.6 Å². The molecule has 0 unspecified atom stereocenters. The van der Waals surface area contributed by atoms with Gasteiger partial charge in [-0.1, -0.05) is 6.07 Å². The van der Waals surface area contributed by atoms with Crippen molar-refractivity contribution >= 4 is 33.5 Å². The molecule has 0 saturated carbocycles. The first kappa shape index (κ1) is 22.3. The number of alkyl halides is 1. The summed E-state index contributed by atoms with van der Waals surface area (Å²) in [6.07, 6.45) is 3.76. The second-order valence-corrected chi connectivity index (χ2v) is 7.89. The lowest BCUT2D eigenvalue weighted by Gasteiger charge is -2.09. The number of aromatic nitrogens is 1. The van der Waals surface area contributed by atoms with E-state index in [1.807, 2.05) is 6.92 Å². The van der Waals surface area contributed by atoms with Crippen molar-refractivity contribution in [3.8, 4) is 0 Å². The van der Waals surface area contributed by atoms with E-state index in [0.29, 0.717) is 29.2 Å². The molecule has 0 radical (unpaired) electrons. The maximum absolute atomic E-state index is 14.0. The maximum atomic E-state index is 14.0. The fourth-order valence-electron chi connectivity index (χ4n) is 2.39. The van der Waals surface area contributed by atoms with Gasteiger partial charge in [0.25, 0.3) is 0 Å². The fourth-order valence-corrected chi connectivity index (χ4v) is 2.96. The van der Waals surface area contributed by atoms with Crippen LogP contribution in [0.25, 0.3) is 6.08 Å². The van der Waals surface area contributed by atoms with Crippen LogP contribution in [0.1, 0.15) is 23.7 Å². The molecule has 0 atom stereocenters. The van der Waals surface area contributed by atoms with Crippen molar-refractivity contribution in [2.24, 2.45) is 0 Å². The molecule has 0 aliphatic heterocycles. The number of carbonyl (C=O) groups is 1. The fraction of sp³-hybridized carbons (Fsp3) is 0.263. The number of rotatable bonds is 9. The van der Waals surface area contributed by atoms with Gasteiger partial charge in [-0.2, -0.15) is 0 Å². The number of sulfonamides is 1. The van der Waals surface area contributed by atoms with Crippen LogP contribution in [-0.4, -0.2) is 32.1 Å². The van der Waals surface area contributed by atoms with Gasteiger partial charge < -0.3 is 10.6 Å². The number of pyridine rings is 1. The zero-order valence-electron chi connectivity index (χ0n) is 16.0. The number of halogens is 2. The molecule has 0 aliphatic rings. The number of nitrogens with zero attached hydrogens (tertiary/aromatic N) is 1. The molecule has 29 heavy (non-hydrogen) atoms. The second kappa shape index (κ2) is 9.97. The predicted molar refractivity (Wildman–Crippen MR) is 109 cm³/mol. The topological polar surface area (TPSA) is 100 Å². The Labute approximate surface area is 168 Å². The van der Waals surface area contributed by atoms with Crippen molar-refractivity contribution in [3.05, 3.63) is 59.0 Å². The van der Waals surface area contributed by atoms with E-state index in [1.54, 1.807) is 12.1 Å². The van der Waals surface area contributed by atoms with Crippen molar-refractivity contribution in [2.45, 2.75) is 20.1 Å². The van der Waals surface area contributed by atoms with Crippen LogP contribution in [0.3, 0.4) is 0 Å². The summed E-state index contributed by atoms with van der Waals surface area (Å²) in [5.41, 5.74) is 1.22. The van der Waals surface area contributed by atoms with Crippen LogP contribution in [0, 0.1) is 5.82 Å². The molecule has 7 nitrogen and oxygen atoms in total. The summed E-state index contributed by atoms with van der Waals surface area (Å²) in [4.78, 5) is 16.2. The number of hydrogen-bond acceptors (Lipinski definition) is 5. The molecule has 1 aromatic carbocycles. The second-order valence-electron chi connectivity index (χ2n) is 6.14. The van der Waals surface area contributed by atoms with Gasteiger partial charge in [0.2, 0.25) is 15.9 Å². The van der Waals surface area contributed by atoms with E-state index >= 15 is 0 Å². The quantitative estimate of drug-likeness (QED) is 0.538. The highest BCUT2D eigenvalue weighted by atomic mass is 32.2. The Morgan fingerprint density at radius 2 is 2.00 bits per heavy atom. The van der Waals surface area contributed by atoms with E-state index in [4.69, 9.17) is 0 Å². The lowest BCUT2D eigenvalue weighted by atomic mass is 10.2. The molecule has 1 heterocycles. The Bertz CT molecular complexity index is 1010. The molecule has 0 saturated heterocycles. The monoisotopic (exact) mass is 424 g/mol. The summed E-state index contributed by atoms with van der Waals surface area (Å²) >= 11 is 0. The molecule has 2 rings (SSSR count). The number of hydrogen-bond donors (Lipinski definition) is 3. The third-order valence-electron chi connectivity index (χ3n) is 3.68. The average molecular weight is 424 g/mol. The largest absolute Gasteiger partial charge is 0.370 e. The Kier molecular flexibility index (Phi) is 7.66. The van der Waals surface area contributed by atoms with E-state index in [0.717, 1.165) is 12.3 Å². The molecule has 10 heteroatoms. The number of benzene rings is 1. The van der Waals surface area contributed by atoms with Gasteiger partial charge in [0.15, 0.2) is 0 Å². The number of nitrogens with one attached hydrogen (secondary N) is 3. The summed E-state index contributed by atoms with van der Waals surface area (Å²) in [6, 6.07) is 7.12. The van der Waals surface area contributed by atoms with E-state index < -0.39 is 28.4 Å². The van der Waals surface area contributed by atoms with Crippen molar-refractivity contribution in [3.63, 3.8) is 0 Å². The van der Waals surface area contributed by atoms with E-state index in [2.05, 4.69) is 20.3 Å². The normalized spacial score (nSPS) is 11.4. The van der Waals surface area contributed by atoms with Crippen LogP contribution in [0.2, 0.25) is 0 Å². The molecule has 1 aromatic heterocycles. The van der Waals surface area contributed by atoms with Crippen molar-refractivity contribution in [1.82, 2.24) is 10.3 Å². The molecule has 156 valence electrons. The molecular formula is C19H22F2N4O3S. The standard InChI is InChI=1S/C19H22F2N4O3S/c1-3-22-19-14(5-7-15(11-20)24-19)6-9-18(26)23-12-13-4-8-17(16(21)10-13)25-29(2,27)28/h4-10,25H,3,11-12H2,1-2H3,(H,22,24)(H,23,26)/b9-6+. The Morgan fingerprint density at radius 3 is 2.62 bits per heavy atom. The zero-order valence-corrected chi connectivity index (χ0v) is 16.8. The molecular weight excluding hydrogens is 402 g/mol. The molecule has 0 aliphatic carbocycles. The summed E-state index contributed by atoms with van der Waals surface area (Å²) < 4.78 is 51.1. The minimum atomic E-state index is -3.58. The Hall–Kier alpha value is -3.01. The van der Waals surface area contributed by atoms with Gasteiger partial charge >= 0.3 is 0 Å². The van der Waals surface area contributed by atoms with Crippen molar-refractivity contribution in [1.29, 1.82) is 0 Å². The average Bonchev–Trinajstić information content (AvgIpc) is 2.66. The SMILES string of the molecule is CCNc1nc(CF)ccc1/C=C/C(=O)NCc1ccc(NS(C)(=O)=O)c(F)c1. The molecule has 0 spiro atoms. The third kappa shape index (κ3) is 7.15. The third-order valence-corrected chi connectivity index (χ3v) is 4.27. The lowest BCUT2D eigenvalue weighted by Crippen LogP contribution is -2.20. The Balaban J connectivity index is 2.00. The highest BCUT2D eigenvalue weighted by molar-refractivity contribution is 7.92. The first-order chi connectivity index (χ1) is 13.7. The van der Waals surface area contributed by atoms with Crippen LogP contribution in [0.4, 0.5) is 20.3 Å². The van der Waals surface area contributed by atoms with Crippen LogP contribution in [0.15, 0.2) is 36.4 Å². The van der Waals surface area contributed by atoms with E-state index in [1.165, 1.54) is 24.3 Å². The van der Waals surface area contributed by atoms with Crippen molar-refractivity contribution in [2.75, 3.05) is 22.8 Å². The van der Waals surface area contributed by atoms with E-state index in [9.17, 15) is 22.0 Å². The molecule has 1 amide bonds. The minimum Gasteiger partial charge on any atom is -0.370 e. The number of amides is 1. The number of carbonyl (C=O) groups excluding carboxylic acids is 1. The van der Waals surface area contributed by atoms with Gasteiger partial charge in [-0.3, -0.25) is 9.52 Å².